The van der Waals surface area contributed by atoms with Gasteiger partial charge in [-0.3, -0.25) is 9.69 Å². The molecular weight excluding hydrogens is 403 g/mol. The first-order valence-corrected chi connectivity index (χ1v) is 8.78. The third-order valence-electron chi connectivity index (χ3n) is 3.78. The summed E-state index contributed by atoms with van der Waals surface area (Å²) < 4.78 is 19.2. The smallest absolute Gasteiger partial charge is 0.329 e. The minimum absolute atomic E-state index is 0.0786. The summed E-state index contributed by atoms with van der Waals surface area (Å²) in [6, 6.07) is 10.6. The van der Waals surface area contributed by atoms with Gasteiger partial charge in [-0.25, -0.2) is 9.18 Å². The molecular formula is C19H16BrFN2O3. The van der Waals surface area contributed by atoms with Crippen molar-refractivity contribution in [2.24, 2.45) is 0 Å². The van der Waals surface area contributed by atoms with Crippen molar-refractivity contribution in [3.8, 4) is 5.75 Å². The van der Waals surface area contributed by atoms with Crippen molar-refractivity contribution in [3.63, 3.8) is 0 Å². The highest BCUT2D eigenvalue weighted by Gasteiger charge is 2.33. The number of hydrogen-bond donors (Lipinski definition) is 1. The summed E-state index contributed by atoms with van der Waals surface area (Å²) in [5, 5.41) is 2.57. The summed E-state index contributed by atoms with van der Waals surface area (Å²) in [5.41, 5.74) is 1.60. The van der Waals surface area contributed by atoms with Crippen molar-refractivity contribution in [3.05, 3.63) is 69.6 Å². The Morgan fingerprint density at radius 2 is 1.92 bits per heavy atom. The lowest BCUT2D eigenvalue weighted by atomic mass is 10.1. The largest absolute Gasteiger partial charge is 0.493 e. The maximum atomic E-state index is 13.0. The van der Waals surface area contributed by atoms with Crippen LogP contribution in [0.15, 0.2) is 52.6 Å². The van der Waals surface area contributed by atoms with Gasteiger partial charge in [-0.15, -0.1) is 0 Å². The summed E-state index contributed by atoms with van der Waals surface area (Å²) in [5.74, 6) is -0.0914. The highest BCUT2D eigenvalue weighted by atomic mass is 79.9. The van der Waals surface area contributed by atoms with Crippen LogP contribution in [0, 0.1) is 5.82 Å². The van der Waals surface area contributed by atoms with Gasteiger partial charge in [0, 0.05) is 0 Å². The highest BCUT2D eigenvalue weighted by Crippen LogP contribution is 2.27. The van der Waals surface area contributed by atoms with Gasteiger partial charge >= 0.3 is 6.03 Å². The minimum Gasteiger partial charge on any atom is -0.493 e. The zero-order valence-electron chi connectivity index (χ0n) is 14.0. The lowest BCUT2D eigenvalue weighted by Crippen LogP contribution is -2.30. The molecule has 0 aliphatic carbocycles. The maximum absolute atomic E-state index is 13.0. The van der Waals surface area contributed by atoms with Crippen LogP contribution in [0.4, 0.5) is 9.18 Å². The molecule has 3 rings (SSSR count). The Labute approximate surface area is 158 Å². The van der Waals surface area contributed by atoms with Crippen LogP contribution in [0.5, 0.6) is 5.75 Å². The summed E-state index contributed by atoms with van der Waals surface area (Å²) in [4.78, 5) is 25.7. The van der Waals surface area contributed by atoms with E-state index in [4.69, 9.17) is 4.74 Å². The van der Waals surface area contributed by atoms with Crippen molar-refractivity contribution in [2.75, 3.05) is 6.61 Å². The molecule has 2 aromatic rings. The fourth-order valence-electron chi connectivity index (χ4n) is 2.53. The van der Waals surface area contributed by atoms with Gasteiger partial charge in [0.05, 0.1) is 17.6 Å². The molecule has 3 amide bonds. The van der Waals surface area contributed by atoms with Gasteiger partial charge in [-0.2, -0.15) is 0 Å². The van der Waals surface area contributed by atoms with Gasteiger partial charge in [0.25, 0.3) is 5.91 Å². The predicted octanol–water partition coefficient (Wildman–Crippen LogP) is 4.08. The molecule has 1 saturated heterocycles. The molecule has 0 bridgehead atoms. The lowest BCUT2D eigenvalue weighted by Gasteiger charge is -2.11. The first-order valence-electron chi connectivity index (χ1n) is 7.99. The zero-order chi connectivity index (χ0) is 18.7. The van der Waals surface area contributed by atoms with Gasteiger partial charge in [-0.05, 0) is 64.3 Å². The molecule has 0 spiro atoms. The van der Waals surface area contributed by atoms with Crippen molar-refractivity contribution >= 4 is 33.9 Å². The molecule has 1 aliphatic rings. The van der Waals surface area contributed by atoms with Gasteiger partial charge in [-0.1, -0.05) is 18.2 Å². The Kier molecular flexibility index (Phi) is 5.37. The third kappa shape index (κ3) is 3.94. The van der Waals surface area contributed by atoms with E-state index in [1.807, 2.05) is 6.92 Å². The third-order valence-corrected chi connectivity index (χ3v) is 4.40. The van der Waals surface area contributed by atoms with Gasteiger partial charge < -0.3 is 10.1 Å². The zero-order valence-corrected chi connectivity index (χ0v) is 15.5. The molecule has 0 radical (unpaired) electrons. The molecule has 1 N–H and O–H groups in total. The van der Waals surface area contributed by atoms with E-state index in [1.54, 1.807) is 36.4 Å². The SMILES string of the molecule is CCOc1ccc(/C=C2\NC(=O)N(Cc3ccc(F)cc3)C2=O)cc1Br. The molecule has 5 nitrogen and oxygen atoms in total. The minimum atomic E-state index is -0.504. The average molecular weight is 419 g/mol. The van der Waals surface area contributed by atoms with Crippen molar-refractivity contribution in [2.45, 2.75) is 13.5 Å². The monoisotopic (exact) mass is 418 g/mol. The van der Waals surface area contributed by atoms with Gasteiger partial charge in [0.1, 0.15) is 17.3 Å². The van der Waals surface area contributed by atoms with Crippen LogP contribution in [0.1, 0.15) is 18.1 Å². The van der Waals surface area contributed by atoms with Crippen LogP contribution in [0.3, 0.4) is 0 Å². The van der Waals surface area contributed by atoms with E-state index in [0.29, 0.717) is 17.9 Å². The molecule has 1 aliphatic heterocycles. The summed E-state index contributed by atoms with van der Waals surface area (Å²) in [6.45, 7) is 2.52. The summed E-state index contributed by atoms with van der Waals surface area (Å²) >= 11 is 3.42. The van der Waals surface area contributed by atoms with E-state index in [0.717, 1.165) is 14.9 Å². The molecule has 26 heavy (non-hydrogen) atoms. The van der Waals surface area contributed by atoms with E-state index >= 15 is 0 Å². The molecule has 0 unspecified atom stereocenters. The van der Waals surface area contributed by atoms with Crippen LogP contribution < -0.4 is 10.1 Å². The molecule has 1 fully saturated rings. The molecule has 0 atom stereocenters. The van der Waals surface area contributed by atoms with Gasteiger partial charge in [0.15, 0.2) is 0 Å². The number of imide groups is 1. The van der Waals surface area contributed by atoms with E-state index in [1.165, 1.54) is 12.1 Å². The van der Waals surface area contributed by atoms with E-state index < -0.39 is 11.9 Å². The molecule has 1 heterocycles. The maximum Gasteiger partial charge on any atom is 0.329 e. The quantitative estimate of drug-likeness (QED) is 0.587. The topological polar surface area (TPSA) is 58.6 Å². The molecule has 0 saturated carbocycles. The Morgan fingerprint density at radius 1 is 1.19 bits per heavy atom. The number of halogens is 2. The van der Waals surface area contributed by atoms with Crippen LogP contribution >= 0.6 is 15.9 Å². The number of rotatable bonds is 5. The second-order valence-electron chi connectivity index (χ2n) is 5.63. The number of ether oxygens (including phenoxy) is 1. The number of carbonyl (C=O) groups is 2. The second kappa shape index (κ2) is 7.70. The van der Waals surface area contributed by atoms with Crippen LogP contribution in [0.2, 0.25) is 0 Å². The van der Waals surface area contributed by atoms with Crippen LogP contribution in [0.25, 0.3) is 6.08 Å². The normalized spacial score (nSPS) is 15.5. The second-order valence-corrected chi connectivity index (χ2v) is 6.48. The first kappa shape index (κ1) is 18.1. The van der Waals surface area contributed by atoms with E-state index in [2.05, 4.69) is 21.2 Å². The molecule has 7 heteroatoms. The van der Waals surface area contributed by atoms with Crippen LogP contribution in [-0.2, 0) is 11.3 Å². The molecule has 134 valence electrons. The summed E-state index contributed by atoms with van der Waals surface area (Å²) in [7, 11) is 0. The number of nitrogens with one attached hydrogen (secondary N) is 1. The van der Waals surface area contributed by atoms with E-state index in [-0.39, 0.29) is 18.1 Å². The Morgan fingerprint density at radius 3 is 2.58 bits per heavy atom. The number of amides is 3. The average Bonchev–Trinajstić information content (AvgIpc) is 2.87. The number of benzene rings is 2. The van der Waals surface area contributed by atoms with Gasteiger partial charge in [0.2, 0.25) is 0 Å². The predicted molar refractivity (Wildman–Crippen MR) is 98.8 cm³/mol. The van der Waals surface area contributed by atoms with Crippen molar-refractivity contribution in [1.29, 1.82) is 0 Å². The number of hydrogen-bond acceptors (Lipinski definition) is 3. The standard InChI is InChI=1S/C19H16BrFN2O3/c1-2-26-17-8-5-13(9-15(17)20)10-16-18(24)23(19(25)22-16)11-12-3-6-14(21)7-4-12/h3-10H,2,11H2,1H3,(H,22,25)/b16-10-. The summed E-state index contributed by atoms with van der Waals surface area (Å²) in [6.07, 6.45) is 1.60. The lowest BCUT2D eigenvalue weighted by molar-refractivity contribution is -0.123. The Bertz CT molecular complexity index is 881. The molecule has 2 aromatic carbocycles. The number of urea groups is 1. The fourth-order valence-corrected chi connectivity index (χ4v) is 3.04. The van der Waals surface area contributed by atoms with Crippen molar-refractivity contribution in [1.82, 2.24) is 10.2 Å². The number of nitrogens with zero attached hydrogens (tertiary/aromatic N) is 1. The number of carbonyl (C=O) groups excluding carboxylic acids is 2. The Balaban J connectivity index is 1.78. The Hall–Kier alpha value is -2.67. The highest BCUT2D eigenvalue weighted by molar-refractivity contribution is 9.10. The van der Waals surface area contributed by atoms with Crippen LogP contribution in [-0.4, -0.2) is 23.4 Å². The molecule has 0 aromatic heterocycles. The van der Waals surface area contributed by atoms with Crippen molar-refractivity contribution < 1.29 is 18.7 Å². The fraction of sp³-hybridized carbons (Fsp3) is 0.158. The first-order chi connectivity index (χ1) is 12.5. The van der Waals surface area contributed by atoms with E-state index in [9.17, 15) is 14.0 Å².